The molecule has 0 aliphatic rings. The number of hydrogen-bond donors (Lipinski definition) is 2. The molecule has 3 rings (SSSR count). The van der Waals surface area contributed by atoms with Gasteiger partial charge in [0, 0.05) is 24.2 Å². The van der Waals surface area contributed by atoms with Crippen LogP contribution < -0.4 is 10.1 Å². The van der Waals surface area contributed by atoms with Gasteiger partial charge >= 0.3 is 0 Å². The zero-order valence-corrected chi connectivity index (χ0v) is 15.3. The highest BCUT2D eigenvalue weighted by molar-refractivity contribution is 5.99. The summed E-state index contributed by atoms with van der Waals surface area (Å²) in [5.74, 6) is 0.514. The second-order valence-corrected chi connectivity index (χ2v) is 6.14. The number of nitro groups is 1. The average Bonchev–Trinajstić information content (AvgIpc) is 3.21. The number of non-ortho nitro benzene ring substituents is 1. The number of H-pyrrole nitrogens is 1. The van der Waals surface area contributed by atoms with E-state index in [0.717, 1.165) is 17.7 Å². The van der Waals surface area contributed by atoms with Crippen molar-refractivity contribution in [3.8, 4) is 17.0 Å². The summed E-state index contributed by atoms with van der Waals surface area (Å²) >= 11 is 0. The molecule has 28 heavy (non-hydrogen) atoms. The molecule has 0 aliphatic carbocycles. The molecule has 8 heteroatoms. The van der Waals surface area contributed by atoms with E-state index in [2.05, 4.69) is 15.5 Å². The van der Waals surface area contributed by atoms with E-state index in [-0.39, 0.29) is 11.6 Å². The molecule has 0 saturated carbocycles. The number of aromatic amines is 1. The van der Waals surface area contributed by atoms with Crippen LogP contribution in [0.1, 0.15) is 29.3 Å². The van der Waals surface area contributed by atoms with Gasteiger partial charge in [-0.05, 0) is 36.2 Å². The molecule has 0 radical (unpaired) electrons. The summed E-state index contributed by atoms with van der Waals surface area (Å²) in [6.07, 6.45) is 2.38. The molecule has 0 bridgehead atoms. The van der Waals surface area contributed by atoms with E-state index >= 15 is 0 Å². The van der Waals surface area contributed by atoms with Crippen molar-refractivity contribution in [2.45, 2.75) is 19.9 Å². The van der Waals surface area contributed by atoms with Gasteiger partial charge < -0.3 is 10.1 Å². The van der Waals surface area contributed by atoms with Gasteiger partial charge in [0.05, 0.1) is 29.0 Å². The van der Waals surface area contributed by atoms with Crippen LogP contribution in [-0.4, -0.2) is 27.6 Å². The van der Waals surface area contributed by atoms with Crippen molar-refractivity contribution in [2.75, 3.05) is 6.61 Å². The fraction of sp³-hybridized carbons (Fsp3) is 0.200. The van der Waals surface area contributed by atoms with Crippen LogP contribution in [0.3, 0.4) is 0 Å². The van der Waals surface area contributed by atoms with Crippen molar-refractivity contribution in [1.29, 1.82) is 0 Å². The standard InChI is InChI=1S/C20H20N4O4/c1-2-11-28-17-9-3-14(4-10-17)12-21-20(25)18-13-22-23-19(18)15-5-7-16(8-6-15)24(26)27/h3-10,13H,2,11-12H2,1H3,(H,21,25)(H,22,23). The Morgan fingerprint density at radius 2 is 1.89 bits per heavy atom. The Balaban J connectivity index is 1.65. The van der Waals surface area contributed by atoms with Crippen molar-refractivity contribution in [1.82, 2.24) is 15.5 Å². The van der Waals surface area contributed by atoms with Gasteiger partial charge in [-0.25, -0.2) is 0 Å². The van der Waals surface area contributed by atoms with Crippen molar-refractivity contribution >= 4 is 11.6 Å². The molecule has 0 atom stereocenters. The molecule has 0 saturated heterocycles. The van der Waals surface area contributed by atoms with Gasteiger partial charge in [0.25, 0.3) is 11.6 Å². The second kappa shape index (κ2) is 8.81. The SMILES string of the molecule is CCCOc1ccc(CNC(=O)c2cn[nH]c2-c2ccc([N+](=O)[O-])cc2)cc1. The Hall–Kier alpha value is -3.68. The highest BCUT2D eigenvalue weighted by atomic mass is 16.6. The molecular formula is C20H20N4O4. The van der Waals surface area contributed by atoms with E-state index in [1.807, 2.05) is 31.2 Å². The normalized spacial score (nSPS) is 10.5. The van der Waals surface area contributed by atoms with E-state index < -0.39 is 4.92 Å². The van der Waals surface area contributed by atoms with E-state index in [4.69, 9.17) is 4.74 Å². The summed E-state index contributed by atoms with van der Waals surface area (Å²) < 4.78 is 5.54. The van der Waals surface area contributed by atoms with Crippen LogP contribution in [0.15, 0.2) is 54.7 Å². The zero-order valence-electron chi connectivity index (χ0n) is 15.3. The smallest absolute Gasteiger partial charge is 0.269 e. The third kappa shape index (κ3) is 4.53. The van der Waals surface area contributed by atoms with Crippen LogP contribution in [0.2, 0.25) is 0 Å². The number of aromatic nitrogens is 2. The minimum atomic E-state index is -0.469. The maximum absolute atomic E-state index is 12.6. The molecule has 2 aromatic carbocycles. The number of benzene rings is 2. The number of carbonyl (C=O) groups excluding carboxylic acids is 1. The van der Waals surface area contributed by atoms with E-state index in [9.17, 15) is 14.9 Å². The van der Waals surface area contributed by atoms with Crippen molar-refractivity contribution in [3.63, 3.8) is 0 Å². The lowest BCUT2D eigenvalue weighted by molar-refractivity contribution is -0.384. The van der Waals surface area contributed by atoms with Gasteiger partial charge in [0.1, 0.15) is 5.75 Å². The molecule has 8 nitrogen and oxygen atoms in total. The first-order valence-corrected chi connectivity index (χ1v) is 8.86. The van der Waals surface area contributed by atoms with Crippen LogP contribution in [-0.2, 0) is 6.54 Å². The predicted octanol–water partition coefficient (Wildman–Crippen LogP) is 3.70. The second-order valence-electron chi connectivity index (χ2n) is 6.14. The Labute approximate surface area is 161 Å². The molecule has 1 amide bonds. The van der Waals surface area contributed by atoms with Gasteiger partial charge in [-0.2, -0.15) is 5.10 Å². The van der Waals surface area contributed by atoms with E-state index in [1.54, 1.807) is 12.1 Å². The van der Waals surface area contributed by atoms with Crippen LogP contribution in [0.5, 0.6) is 5.75 Å². The Bertz CT molecular complexity index is 949. The Kier molecular flexibility index (Phi) is 6.01. The van der Waals surface area contributed by atoms with Crippen molar-refractivity contribution < 1.29 is 14.5 Å². The van der Waals surface area contributed by atoms with Gasteiger partial charge in [0.15, 0.2) is 0 Å². The van der Waals surface area contributed by atoms with Crippen LogP contribution >= 0.6 is 0 Å². The van der Waals surface area contributed by atoms with Crippen LogP contribution in [0, 0.1) is 10.1 Å². The third-order valence-electron chi connectivity index (χ3n) is 4.10. The Morgan fingerprint density at radius 1 is 1.18 bits per heavy atom. The summed E-state index contributed by atoms with van der Waals surface area (Å²) in [6, 6.07) is 13.5. The number of nitrogens with zero attached hydrogens (tertiary/aromatic N) is 2. The largest absolute Gasteiger partial charge is 0.494 e. The van der Waals surface area contributed by atoms with Gasteiger partial charge in [-0.1, -0.05) is 19.1 Å². The van der Waals surface area contributed by atoms with Crippen molar-refractivity contribution in [2.24, 2.45) is 0 Å². The van der Waals surface area contributed by atoms with Crippen molar-refractivity contribution in [3.05, 3.63) is 76.0 Å². The number of hydrogen-bond acceptors (Lipinski definition) is 5. The first kappa shape index (κ1) is 19.1. The highest BCUT2D eigenvalue weighted by Gasteiger charge is 2.16. The third-order valence-corrected chi connectivity index (χ3v) is 4.10. The molecule has 144 valence electrons. The molecular weight excluding hydrogens is 360 g/mol. The topological polar surface area (TPSA) is 110 Å². The van der Waals surface area contributed by atoms with Gasteiger partial charge in [-0.15, -0.1) is 0 Å². The minimum absolute atomic E-state index is 0.0133. The average molecular weight is 380 g/mol. The summed E-state index contributed by atoms with van der Waals surface area (Å²) in [6.45, 7) is 3.07. The lowest BCUT2D eigenvalue weighted by Crippen LogP contribution is -2.22. The number of amides is 1. The number of nitro benzene ring substituents is 1. The summed E-state index contributed by atoms with van der Waals surface area (Å²) in [5.41, 5.74) is 2.45. The molecule has 1 heterocycles. The quantitative estimate of drug-likeness (QED) is 0.457. The molecule has 2 N–H and O–H groups in total. The number of ether oxygens (including phenoxy) is 1. The van der Waals surface area contributed by atoms with Gasteiger partial charge in [-0.3, -0.25) is 20.0 Å². The first-order chi connectivity index (χ1) is 13.6. The van der Waals surface area contributed by atoms with E-state index in [1.165, 1.54) is 18.3 Å². The van der Waals surface area contributed by atoms with Crippen LogP contribution in [0.25, 0.3) is 11.3 Å². The maximum atomic E-state index is 12.6. The maximum Gasteiger partial charge on any atom is 0.269 e. The number of carbonyl (C=O) groups is 1. The van der Waals surface area contributed by atoms with E-state index in [0.29, 0.717) is 30.0 Å². The molecule has 1 aromatic heterocycles. The highest BCUT2D eigenvalue weighted by Crippen LogP contribution is 2.23. The summed E-state index contributed by atoms with van der Waals surface area (Å²) in [7, 11) is 0. The zero-order chi connectivity index (χ0) is 19.9. The first-order valence-electron chi connectivity index (χ1n) is 8.86. The lowest BCUT2D eigenvalue weighted by atomic mass is 10.1. The summed E-state index contributed by atoms with van der Waals surface area (Å²) in [4.78, 5) is 22.9. The molecule has 0 aliphatic heterocycles. The number of nitrogens with one attached hydrogen (secondary N) is 2. The number of rotatable bonds is 8. The predicted molar refractivity (Wildman–Crippen MR) is 104 cm³/mol. The molecule has 0 fully saturated rings. The van der Waals surface area contributed by atoms with Gasteiger partial charge in [0.2, 0.25) is 0 Å². The molecule has 3 aromatic rings. The molecule has 0 spiro atoms. The monoisotopic (exact) mass is 380 g/mol. The van der Waals surface area contributed by atoms with Crippen LogP contribution in [0.4, 0.5) is 5.69 Å². The Morgan fingerprint density at radius 3 is 2.54 bits per heavy atom. The summed E-state index contributed by atoms with van der Waals surface area (Å²) in [5, 5.41) is 20.4. The fourth-order valence-corrected chi connectivity index (χ4v) is 2.63. The molecule has 0 unspecified atom stereocenters. The minimum Gasteiger partial charge on any atom is -0.494 e. The lowest BCUT2D eigenvalue weighted by Gasteiger charge is -2.08. The fourth-order valence-electron chi connectivity index (χ4n) is 2.63.